The van der Waals surface area contributed by atoms with Crippen molar-refractivity contribution in [1.29, 1.82) is 0 Å². The van der Waals surface area contributed by atoms with E-state index in [0.717, 1.165) is 37.3 Å². The summed E-state index contributed by atoms with van der Waals surface area (Å²) in [5, 5.41) is 11.9. The second kappa shape index (κ2) is 7.69. The van der Waals surface area contributed by atoms with Crippen molar-refractivity contribution in [3.63, 3.8) is 0 Å². The quantitative estimate of drug-likeness (QED) is 0.687. The molecule has 0 bridgehead atoms. The lowest BCUT2D eigenvalue weighted by atomic mass is 10.1. The van der Waals surface area contributed by atoms with E-state index in [1.807, 2.05) is 4.90 Å². The Labute approximate surface area is 158 Å². The number of aliphatic hydroxyl groups excluding tert-OH is 1. The summed E-state index contributed by atoms with van der Waals surface area (Å²) < 4.78 is 24.3. The molecule has 1 fully saturated rings. The zero-order chi connectivity index (χ0) is 19.6. The first-order chi connectivity index (χ1) is 12.8. The van der Waals surface area contributed by atoms with Crippen LogP contribution in [0.2, 0.25) is 0 Å². The molecule has 0 radical (unpaired) electrons. The lowest BCUT2D eigenvalue weighted by Gasteiger charge is -2.30. The molecule has 2 aliphatic heterocycles. The molecule has 0 saturated carbocycles. The van der Waals surface area contributed by atoms with Crippen molar-refractivity contribution in [3.8, 4) is 0 Å². The highest BCUT2D eigenvalue weighted by Crippen LogP contribution is 2.31. The molecular weight excluding hydrogens is 370 g/mol. The number of sulfone groups is 1. The van der Waals surface area contributed by atoms with Crippen LogP contribution in [-0.2, 0) is 19.4 Å². The molecule has 9 heteroatoms. The molecule has 1 saturated heterocycles. The van der Waals surface area contributed by atoms with E-state index in [1.165, 1.54) is 18.4 Å². The van der Waals surface area contributed by atoms with Crippen LogP contribution in [0.1, 0.15) is 19.3 Å². The Morgan fingerprint density at radius 1 is 1.15 bits per heavy atom. The maximum atomic E-state index is 12.3. The van der Waals surface area contributed by atoms with Crippen LogP contribution in [0, 0.1) is 0 Å². The third-order valence-electron chi connectivity index (χ3n) is 4.67. The van der Waals surface area contributed by atoms with E-state index in [0.29, 0.717) is 11.4 Å². The van der Waals surface area contributed by atoms with Gasteiger partial charge in [0.15, 0.2) is 9.84 Å². The zero-order valence-corrected chi connectivity index (χ0v) is 16.0. The van der Waals surface area contributed by atoms with Crippen LogP contribution in [0.25, 0.3) is 0 Å². The van der Waals surface area contributed by atoms with Gasteiger partial charge in [0, 0.05) is 31.1 Å². The molecule has 27 heavy (non-hydrogen) atoms. The molecule has 8 nitrogen and oxygen atoms in total. The number of piperidine rings is 1. The predicted octanol–water partition coefficient (Wildman–Crippen LogP) is 0.737. The van der Waals surface area contributed by atoms with Gasteiger partial charge in [-0.25, -0.2) is 8.42 Å². The number of carbonyl (C=O) groups excluding carboxylic acids is 2. The number of carbonyl (C=O) groups is 2. The molecule has 1 aromatic carbocycles. The van der Waals surface area contributed by atoms with Crippen molar-refractivity contribution in [2.24, 2.45) is 0 Å². The molecule has 0 aliphatic carbocycles. The first-order valence-electron chi connectivity index (χ1n) is 8.86. The number of rotatable bonds is 6. The topological polar surface area (TPSA) is 107 Å². The van der Waals surface area contributed by atoms with E-state index in [2.05, 4.69) is 5.32 Å². The van der Waals surface area contributed by atoms with Gasteiger partial charge in [0.1, 0.15) is 5.70 Å². The van der Waals surface area contributed by atoms with Gasteiger partial charge in [-0.15, -0.1) is 0 Å². The number of anilines is 2. The van der Waals surface area contributed by atoms with Crippen LogP contribution in [0.5, 0.6) is 0 Å². The fourth-order valence-corrected chi connectivity index (χ4v) is 4.24. The molecule has 2 heterocycles. The Hall–Kier alpha value is -2.39. The minimum atomic E-state index is -3.40. The summed E-state index contributed by atoms with van der Waals surface area (Å²) in [6, 6.07) is 4.81. The Morgan fingerprint density at radius 3 is 2.48 bits per heavy atom. The van der Waals surface area contributed by atoms with E-state index >= 15 is 0 Å². The summed E-state index contributed by atoms with van der Waals surface area (Å²) in [7, 11) is -3.40. The number of aliphatic hydroxyl groups is 1. The van der Waals surface area contributed by atoms with Crippen LogP contribution in [0.15, 0.2) is 34.9 Å². The predicted molar refractivity (Wildman–Crippen MR) is 101 cm³/mol. The van der Waals surface area contributed by atoms with Crippen molar-refractivity contribution in [2.45, 2.75) is 24.2 Å². The second-order valence-corrected chi connectivity index (χ2v) is 8.69. The number of hydrogen-bond acceptors (Lipinski definition) is 7. The fourth-order valence-electron chi connectivity index (χ4n) is 3.36. The molecule has 0 atom stereocenters. The van der Waals surface area contributed by atoms with Gasteiger partial charge in [0.2, 0.25) is 0 Å². The summed E-state index contributed by atoms with van der Waals surface area (Å²) in [5.74, 6) is -0.999. The maximum absolute atomic E-state index is 12.3. The smallest absolute Gasteiger partial charge is 0.277 e. The van der Waals surface area contributed by atoms with Crippen molar-refractivity contribution >= 4 is 33.0 Å². The molecule has 0 unspecified atom stereocenters. The van der Waals surface area contributed by atoms with E-state index in [9.17, 15) is 18.0 Å². The Bertz CT molecular complexity index is 888. The lowest BCUT2D eigenvalue weighted by Crippen LogP contribution is -2.34. The molecular formula is C18H23N3O5S. The van der Waals surface area contributed by atoms with Crippen molar-refractivity contribution in [2.75, 3.05) is 42.7 Å². The second-order valence-electron chi connectivity index (χ2n) is 6.70. The Morgan fingerprint density at radius 2 is 1.85 bits per heavy atom. The monoisotopic (exact) mass is 393 g/mol. The van der Waals surface area contributed by atoms with Gasteiger partial charge < -0.3 is 15.3 Å². The Balaban J connectivity index is 1.90. The number of β-amino-alcohol motifs (C(OH)–C–C–N with tert-alkyl or cyclic N) is 1. The number of benzene rings is 1. The highest BCUT2D eigenvalue weighted by atomic mass is 32.2. The minimum Gasteiger partial charge on any atom is -0.395 e. The van der Waals surface area contributed by atoms with Crippen LogP contribution in [0.3, 0.4) is 0 Å². The van der Waals surface area contributed by atoms with Crippen LogP contribution >= 0.6 is 0 Å². The minimum absolute atomic E-state index is 0.0641. The van der Waals surface area contributed by atoms with Gasteiger partial charge in [-0.2, -0.15) is 0 Å². The number of nitrogens with one attached hydrogen (secondary N) is 1. The van der Waals surface area contributed by atoms with Crippen LogP contribution in [-0.4, -0.2) is 62.7 Å². The fraction of sp³-hybridized carbons (Fsp3) is 0.444. The number of imide groups is 1. The molecule has 2 amide bonds. The highest BCUT2D eigenvalue weighted by Gasteiger charge is 2.31. The first-order valence-corrected chi connectivity index (χ1v) is 10.7. The summed E-state index contributed by atoms with van der Waals surface area (Å²) >= 11 is 0. The summed E-state index contributed by atoms with van der Waals surface area (Å²) in [5.41, 5.74) is 1.23. The van der Waals surface area contributed by atoms with Gasteiger partial charge in [-0.3, -0.25) is 14.5 Å². The highest BCUT2D eigenvalue weighted by molar-refractivity contribution is 7.90. The average Bonchev–Trinajstić information content (AvgIpc) is 2.89. The SMILES string of the molecule is CS(=O)(=O)c1ccc(NC2=CC(=O)N(CCO)C2=O)cc1N1CCCCC1. The van der Waals surface area contributed by atoms with Crippen molar-refractivity contribution in [3.05, 3.63) is 30.0 Å². The van der Waals surface area contributed by atoms with E-state index < -0.39 is 21.7 Å². The van der Waals surface area contributed by atoms with E-state index in [-0.39, 0.29) is 23.7 Å². The molecule has 1 aromatic rings. The van der Waals surface area contributed by atoms with Gasteiger partial charge in [-0.05, 0) is 37.5 Å². The van der Waals surface area contributed by atoms with Gasteiger partial charge >= 0.3 is 0 Å². The van der Waals surface area contributed by atoms with Crippen molar-refractivity contribution < 1.29 is 23.1 Å². The molecule has 2 N–H and O–H groups in total. The normalized spacial score (nSPS) is 18.1. The Kier molecular flexibility index (Phi) is 5.52. The molecule has 0 spiro atoms. The summed E-state index contributed by atoms with van der Waals surface area (Å²) in [4.78, 5) is 27.4. The van der Waals surface area contributed by atoms with Gasteiger partial charge in [0.05, 0.1) is 23.7 Å². The average molecular weight is 393 g/mol. The van der Waals surface area contributed by atoms with Gasteiger partial charge in [-0.1, -0.05) is 0 Å². The molecule has 0 aromatic heterocycles. The van der Waals surface area contributed by atoms with Crippen LogP contribution < -0.4 is 10.2 Å². The third kappa shape index (κ3) is 4.14. The molecule has 146 valence electrons. The van der Waals surface area contributed by atoms with E-state index in [1.54, 1.807) is 12.1 Å². The summed E-state index contributed by atoms with van der Waals surface area (Å²) in [6.45, 7) is 1.18. The lowest BCUT2D eigenvalue weighted by molar-refractivity contribution is -0.137. The van der Waals surface area contributed by atoms with Crippen molar-refractivity contribution in [1.82, 2.24) is 4.90 Å². The number of nitrogens with zero attached hydrogens (tertiary/aromatic N) is 2. The summed E-state index contributed by atoms with van der Waals surface area (Å²) in [6.07, 6.45) is 5.47. The molecule has 3 rings (SSSR count). The standard InChI is InChI=1S/C18H23N3O5S/c1-27(25,26)16-6-5-13(11-15(16)20-7-3-2-4-8-20)19-14-12-17(23)21(9-10-22)18(14)24/h5-6,11-12,19,22H,2-4,7-10H2,1H3. The zero-order valence-electron chi connectivity index (χ0n) is 15.1. The maximum Gasteiger partial charge on any atom is 0.277 e. The number of hydrogen-bond donors (Lipinski definition) is 2. The van der Waals surface area contributed by atoms with Gasteiger partial charge in [0.25, 0.3) is 11.8 Å². The third-order valence-corrected chi connectivity index (χ3v) is 5.81. The first kappa shape index (κ1) is 19.4. The number of amides is 2. The van der Waals surface area contributed by atoms with Crippen LogP contribution in [0.4, 0.5) is 11.4 Å². The van der Waals surface area contributed by atoms with E-state index in [4.69, 9.17) is 5.11 Å². The largest absolute Gasteiger partial charge is 0.395 e. The molecule has 2 aliphatic rings.